The number of carbonyl (C=O) groups excluding carboxylic acids is 1. The minimum absolute atomic E-state index is 0.214. The maximum Gasteiger partial charge on any atom is 0.241 e. The Morgan fingerprint density at radius 1 is 1.35 bits per heavy atom. The first-order chi connectivity index (χ1) is 9.40. The zero-order valence-electron chi connectivity index (χ0n) is 12.3. The van der Waals surface area contributed by atoms with Crippen LogP contribution >= 0.6 is 0 Å². The summed E-state index contributed by atoms with van der Waals surface area (Å²) in [6.07, 6.45) is 1.65. The third-order valence-electron chi connectivity index (χ3n) is 3.27. The summed E-state index contributed by atoms with van der Waals surface area (Å²) in [5, 5.41) is 7.15. The number of aryl methyl sites for hydroxylation is 2. The SMILES string of the molecule is Cc1ccc(C)c(-n2ncc(NC(=O)[C@@H](C)N)c2C)c1. The molecule has 0 radical (unpaired) electrons. The second-order valence-electron chi connectivity index (χ2n) is 5.12. The fraction of sp³-hybridized carbons (Fsp3) is 0.333. The van der Waals surface area contributed by atoms with E-state index in [0.717, 1.165) is 16.9 Å². The number of aromatic nitrogens is 2. The summed E-state index contributed by atoms with van der Waals surface area (Å²) in [4.78, 5) is 11.7. The third-order valence-corrected chi connectivity index (χ3v) is 3.27. The summed E-state index contributed by atoms with van der Waals surface area (Å²) in [6, 6.07) is 5.66. The molecule has 0 aliphatic rings. The molecule has 3 N–H and O–H groups in total. The Morgan fingerprint density at radius 2 is 2.05 bits per heavy atom. The molecule has 1 heterocycles. The molecular formula is C15H20N4O. The van der Waals surface area contributed by atoms with Gasteiger partial charge in [0.25, 0.3) is 0 Å². The van der Waals surface area contributed by atoms with Gasteiger partial charge in [0.2, 0.25) is 5.91 Å². The lowest BCUT2D eigenvalue weighted by molar-refractivity contribution is -0.117. The van der Waals surface area contributed by atoms with Gasteiger partial charge in [0.15, 0.2) is 0 Å². The topological polar surface area (TPSA) is 72.9 Å². The molecule has 1 aromatic carbocycles. The summed E-state index contributed by atoms with van der Waals surface area (Å²) in [5.41, 5.74) is 10.4. The van der Waals surface area contributed by atoms with E-state index in [4.69, 9.17) is 5.73 Å². The maximum absolute atomic E-state index is 11.7. The van der Waals surface area contributed by atoms with Gasteiger partial charge in [-0.2, -0.15) is 5.10 Å². The molecule has 0 spiro atoms. The molecule has 0 unspecified atom stereocenters. The van der Waals surface area contributed by atoms with Crippen molar-refractivity contribution in [2.24, 2.45) is 5.73 Å². The number of nitrogens with two attached hydrogens (primary N) is 1. The van der Waals surface area contributed by atoms with E-state index in [1.54, 1.807) is 13.1 Å². The van der Waals surface area contributed by atoms with E-state index in [-0.39, 0.29) is 5.91 Å². The Balaban J connectivity index is 2.38. The number of rotatable bonds is 3. The molecule has 5 nitrogen and oxygen atoms in total. The largest absolute Gasteiger partial charge is 0.322 e. The predicted octanol–water partition coefficient (Wildman–Crippen LogP) is 2.08. The first kappa shape index (κ1) is 14.3. The second-order valence-corrected chi connectivity index (χ2v) is 5.12. The summed E-state index contributed by atoms with van der Waals surface area (Å²) in [6.45, 7) is 7.65. The first-order valence-electron chi connectivity index (χ1n) is 6.59. The molecule has 1 atom stereocenters. The van der Waals surface area contributed by atoms with Gasteiger partial charge in [0, 0.05) is 0 Å². The standard InChI is InChI=1S/C15H20N4O/c1-9-5-6-10(2)14(7-9)19-12(4)13(8-17-19)18-15(20)11(3)16/h5-8,11H,16H2,1-4H3,(H,18,20)/t11-/m1/s1. The van der Waals surface area contributed by atoms with Crippen LogP contribution in [0.2, 0.25) is 0 Å². The Bertz CT molecular complexity index is 643. The van der Waals surface area contributed by atoms with Crippen LogP contribution in [-0.2, 0) is 4.79 Å². The van der Waals surface area contributed by atoms with E-state index in [1.807, 2.05) is 25.5 Å². The van der Waals surface area contributed by atoms with E-state index in [1.165, 1.54) is 5.56 Å². The average molecular weight is 272 g/mol. The fourth-order valence-corrected chi connectivity index (χ4v) is 1.97. The number of nitrogens with zero attached hydrogens (tertiary/aromatic N) is 2. The van der Waals surface area contributed by atoms with Gasteiger partial charge in [0.05, 0.1) is 29.3 Å². The van der Waals surface area contributed by atoms with Crippen LogP contribution in [0.25, 0.3) is 5.69 Å². The van der Waals surface area contributed by atoms with Crippen molar-refractivity contribution < 1.29 is 4.79 Å². The molecule has 0 bridgehead atoms. The number of hydrogen-bond donors (Lipinski definition) is 2. The minimum Gasteiger partial charge on any atom is -0.322 e. The lowest BCUT2D eigenvalue weighted by atomic mass is 10.1. The van der Waals surface area contributed by atoms with Gasteiger partial charge < -0.3 is 11.1 Å². The molecular weight excluding hydrogens is 252 g/mol. The lowest BCUT2D eigenvalue weighted by Gasteiger charge is -2.11. The fourth-order valence-electron chi connectivity index (χ4n) is 1.97. The van der Waals surface area contributed by atoms with Crippen molar-refractivity contribution in [1.29, 1.82) is 0 Å². The van der Waals surface area contributed by atoms with Crippen LogP contribution < -0.4 is 11.1 Å². The molecule has 1 aromatic heterocycles. The molecule has 0 fully saturated rings. The van der Waals surface area contributed by atoms with Crippen LogP contribution in [0.4, 0.5) is 5.69 Å². The van der Waals surface area contributed by atoms with Gasteiger partial charge in [-0.05, 0) is 44.9 Å². The predicted molar refractivity (Wildman–Crippen MR) is 80.1 cm³/mol. The highest BCUT2D eigenvalue weighted by Gasteiger charge is 2.14. The van der Waals surface area contributed by atoms with Crippen LogP contribution in [-0.4, -0.2) is 21.7 Å². The van der Waals surface area contributed by atoms with Crippen LogP contribution in [0.1, 0.15) is 23.7 Å². The van der Waals surface area contributed by atoms with Crippen LogP contribution in [0, 0.1) is 20.8 Å². The number of nitrogens with one attached hydrogen (secondary N) is 1. The van der Waals surface area contributed by atoms with E-state index >= 15 is 0 Å². The van der Waals surface area contributed by atoms with Crippen molar-refractivity contribution in [2.45, 2.75) is 33.7 Å². The third kappa shape index (κ3) is 2.72. The zero-order valence-corrected chi connectivity index (χ0v) is 12.3. The van der Waals surface area contributed by atoms with Crippen molar-refractivity contribution in [1.82, 2.24) is 9.78 Å². The molecule has 1 amide bonds. The van der Waals surface area contributed by atoms with E-state index in [2.05, 4.69) is 28.6 Å². The molecule has 20 heavy (non-hydrogen) atoms. The molecule has 0 aliphatic carbocycles. The molecule has 0 aliphatic heterocycles. The van der Waals surface area contributed by atoms with Crippen molar-refractivity contribution in [3.63, 3.8) is 0 Å². The summed E-state index contributed by atoms with van der Waals surface area (Å²) in [5.74, 6) is -0.214. The highest BCUT2D eigenvalue weighted by atomic mass is 16.2. The summed E-state index contributed by atoms with van der Waals surface area (Å²) >= 11 is 0. The summed E-state index contributed by atoms with van der Waals surface area (Å²) < 4.78 is 1.83. The highest BCUT2D eigenvalue weighted by molar-refractivity contribution is 5.94. The average Bonchev–Trinajstić information content (AvgIpc) is 2.74. The van der Waals surface area contributed by atoms with Crippen molar-refractivity contribution in [2.75, 3.05) is 5.32 Å². The van der Waals surface area contributed by atoms with Crippen molar-refractivity contribution in [3.05, 3.63) is 41.2 Å². The molecule has 2 rings (SSSR count). The van der Waals surface area contributed by atoms with Crippen molar-refractivity contribution in [3.8, 4) is 5.69 Å². The quantitative estimate of drug-likeness (QED) is 0.898. The number of amides is 1. The van der Waals surface area contributed by atoms with Gasteiger partial charge >= 0.3 is 0 Å². The Hall–Kier alpha value is -2.14. The van der Waals surface area contributed by atoms with Crippen LogP contribution in [0.3, 0.4) is 0 Å². The smallest absolute Gasteiger partial charge is 0.241 e. The monoisotopic (exact) mass is 272 g/mol. The van der Waals surface area contributed by atoms with E-state index in [0.29, 0.717) is 5.69 Å². The molecule has 2 aromatic rings. The van der Waals surface area contributed by atoms with Gasteiger partial charge in [0.1, 0.15) is 0 Å². The van der Waals surface area contributed by atoms with E-state index < -0.39 is 6.04 Å². The normalized spacial score (nSPS) is 12.2. The van der Waals surface area contributed by atoms with Crippen LogP contribution in [0.5, 0.6) is 0 Å². The zero-order chi connectivity index (χ0) is 14.9. The Morgan fingerprint density at radius 3 is 2.70 bits per heavy atom. The number of carbonyl (C=O) groups is 1. The van der Waals surface area contributed by atoms with Gasteiger partial charge in [-0.15, -0.1) is 0 Å². The van der Waals surface area contributed by atoms with Crippen LogP contribution in [0.15, 0.2) is 24.4 Å². The number of anilines is 1. The first-order valence-corrected chi connectivity index (χ1v) is 6.59. The lowest BCUT2D eigenvalue weighted by Crippen LogP contribution is -2.32. The summed E-state index contributed by atoms with van der Waals surface area (Å²) in [7, 11) is 0. The van der Waals surface area contributed by atoms with E-state index in [9.17, 15) is 4.79 Å². The highest BCUT2D eigenvalue weighted by Crippen LogP contribution is 2.21. The second kappa shape index (κ2) is 5.46. The molecule has 106 valence electrons. The van der Waals surface area contributed by atoms with Gasteiger partial charge in [-0.25, -0.2) is 4.68 Å². The Kier molecular flexibility index (Phi) is 3.90. The molecule has 0 saturated heterocycles. The molecule has 5 heteroatoms. The van der Waals surface area contributed by atoms with Crippen molar-refractivity contribution >= 4 is 11.6 Å². The number of benzene rings is 1. The minimum atomic E-state index is -0.543. The van der Waals surface area contributed by atoms with Gasteiger partial charge in [-0.3, -0.25) is 4.79 Å². The maximum atomic E-state index is 11.7. The van der Waals surface area contributed by atoms with Gasteiger partial charge in [-0.1, -0.05) is 12.1 Å². The Labute approximate surface area is 118 Å². The number of hydrogen-bond acceptors (Lipinski definition) is 3. The molecule has 0 saturated carbocycles.